The van der Waals surface area contributed by atoms with Crippen molar-refractivity contribution < 1.29 is 23.2 Å². The Hall–Kier alpha value is -3.48. The van der Waals surface area contributed by atoms with Crippen LogP contribution in [0, 0.1) is 19.7 Å². The number of benzene rings is 2. The highest BCUT2D eigenvalue weighted by atomic mass is 19.1. The van der Waals surface area contributed by atoms with Crippen LogP contribution in [0.1, 0.15) is 33.8 Å². The molecule has 3 aromatic rings. The van der Waals surface area contributed by atoms with E-state index in [0.29, 0.717) is 22.6 Å². The third-order valence-electron chi connectivity index (χ3n) is 4.34. The van der Waals surface area contributed by atoms with Gasteiger partial charge in [0.05, 0.1) is 12.1 Å². The minimum absolute atomic E-state index is 0.0185. The first-order valence-electron chi connectivity index (χ1n) is 9.15. The number of carbonyl (C=O) groups excluding carboxylic acids is 2. The average Bonchev–Trinajstić information content (AvgIpc) is 3.04. The van der Waals surface area contributed by atoms with Crippen LogP contribution in [0.4, 0.5) is 4.39 Å². The van der Waals surface area contributed by atoms with Crippen molar-refractivity contribution in [1.29, 1.82) is 0 Å². The number of hydrogen-bond donors (Lipinski definition) is 1. The SMILES string of the molecule is Cc1noc(C)c1-c1cc(F)cc(C(=O)NCCC(=O)OCc2ccccc2)c1. The second-order valence-corrected chi connectivity index (χ2v) is 6.58. The van der Waals surface area contributed by atoms with Gasteiger partial charge in [0, 0.05) is 17.7 Å². The summed E-state index contributed by atoms with van der Waals surface area (Å²) in [6.45, 7) is 3.74. The first-order chi connectivity index (χ1) is 13.9. The fourth-order valence-electron chi connectivity index (χ4n) is 2.95. The van der Waals surface area contributed by atoms with Crippen LogP contribution < -0.4 is 5.32 Å². The average molecular weight is 396 g/mol. The van der Waals surface area contributed by atoms with Crippen LogP contribution in [0.15, 0.2) is 53.1 Å². The van der Waals surface area contributed by atoms with Crippen molar-refractivity contribution >= 4 is 11.9 Å². The molecule has 0 saturated heterocycles. The molecule has 0 aliphatic heterocycles. The molecule has 150 valence electrons. The molecule has 29 heavy (non-hydrogen) atoms. The molecule has 0 aliphatic carbocycles. The fourth-order valence-corrected chi connectivity index (χ4v) is 2.95. The van der Waals surface area contributed by atoms with Crippen molar-refractivity contribution in [3.63, 3.8) is 0 Å². The second-order valence-electron chi connectivity index (χ2n) is 6.58. The largest absolute Gasteiger partial charge is 0.461 e. The molecule has 0 unspecified atom stereocenters. The smallest absolute Gasteiger partial charge is 0.307 e. The Kier molecular flexibility index (Phi) is 6.39. The molecule has 1 heterocycles. The summed E-state index contributed by atoms with van der Waals surface area (Å²) in [6.07, 6.45) is 0.0185. The summed E-state index contributed by atoms with van der Waals surface area (Å²) >= 11 is 0. The van der Waals surface area contributed by atoms with Gasteiger partial charge in [-0.15, -0.1) is 0 Å². The number of ether oxygens (including phenoxy) is 1. The zero-order valence-electron chi connectivity index (χ0n) is 16.2. The third kappa shape index (κ3) is 5.28. The molecular formula is C22H21FN2O4. The van der Waals surface area contributed by atoms with Gasteiger partial charge >= 0.3 is 5.97 Å². The number of aryl methyl sites for hydroxylation is 2. The van der Waals surface area contributed by atoms with Gasteiger partial charge in [-0.3, -0.25) is 9.59 Å². The first-order valence-corrected chi connectivity index (χ1v) is 9.15. The van der Waals surface area contributed by atoms with E-state index in [1.54, 1.807) is 19.9 Å². The van der Waals surface area contributed by atoms with Crippen molar-refractivity contribution in [2.45, 2.75) is 26.9 Å². The van der Waals surface area contributed by atoms with Crippen molar-refractivity contribution in [3.05, 3.63) is 76.9 Å². The lowest BCUT2D eigenvalue weighted by molar-refractivity contribution is -0.144. The van der Waals surface area contributed by atoms with Crippen molar-refractivity contribution in [3.8, 4) is 11.1 Å². The van der Waals surface area contributed by atoms with Gasteiger partial charge in [0.1, 0.15) is 18.2 Å². The number of aromatic nitrogens is 1. The van der Waals surface area contributed by atoms with Crippen LogP contribution in [0.25, 0.3) is 11.1 Å². The molecule has 3 rings (SSSR count). The van der Waals surface area contributed by atoms with Gasteiger partial charge in [-0.1, -0.05) is 35.5 Å². The molecular weight excluding hydrogens is 375 g/mol. The van der Waals surface area contributed by atoms with E-state index < -0.39 is 17.7 Å². The van der Waals surface area contributed by atoms with Gasteiger partial charge in [0.25, 0.3) is 5.91 Å². The van der Waals surface area contributed by atoms with Crippen LogP contribution in [0.3, 0.4) is 0 Å². The Balaban J connectivity index is 1.56. The maximum absolute atomic E-state index is 14.1. The standard InChI is InChI=1S/C22H21FN2O4/c1-14-21(15(2)29-25-14)17-10-18(12-19(23)11-17)22(27)24-9-8-20(26)28-13-16-6-4-3-5-7-16/h3-7,10-12H,8-9,13H2,1-2H3,(H,24,27). The minimum atomic E-state index is -0.546. The van der Waals surface area contributed by atoms with Crippen LogP contribution in [0.5, 0.6) is 0 Å². The Morgan fingerprint density at radius 3 is 2.59 bits per heavy atom. The Morgan fingerprint density at radius 1 is 1.14 bits per heavy atom. The molecule has 0 bridgehead atoms. The van der Waals surface area contributed by atoms with Crippen LogP contribution in [0.2, 0.25) is 0 Å². The second kappa shape index (κ2) is 9.14. The molecule has 7 heteroatoms. The van der Waals surface area contributed by atoms with Crippen LogP contribution >= 0.6 is 0 Å². The number of carbonyl (C=O) groups is 2. The van der Waals surface area contributed by atoms with E-state index >= 15 is 0 Å². The summed E-state index contributed by atoms with van der Waals surface area (Å²) in [5.41, 5.74) is 2.81. The summed E-state index contributed by atoms with van der Waals surface area (Å²) in [5.74, 6) is -0.909. The molecule has 1 N–H and O–H groups in total. The summed E-state index contributed by atoms with van der Waals surface area (Å²) in [5, 5.41) is 6.47. The van der Waals surface area contributed by atoms with Gasteiger partial charge in [-0.2, -0.15) is 0 Å². The van der Waals surface area contributed by atoms with Crippen LogP contribution in [-0.4, -0.2) is 23.6 Å². The topological polar surface area (TPSA) is 81.4 Å². The lowest BCUT2D eigenvalue weighted by Gasteiger charge is -2.08. The summed E-state index contributed by atoms with van der Waals surface area (Å²) < 4.78 is 24.3. The van der Waals surface area contributed by atoms with Crippen molar-refractivity contribution in [1.82, 2.24) is 10.5 Å². The highest BCUT2D eigenvalue weighted by Gasteiger charge is 2.16. The van der Waals surface area contributed by atoms with Gasteiger partial charge in [0.15, 0.2) is 0 Å². The summed E-state index contributed by atoms with van der Waals surface area (Å²) in [7, 11) is 0. The predicted octanol–water partition coefficient (Wildman–Crippen LogP) is 3.96. The summed E-state index contributed by atoms with van der Waals surface area (Å²) in [6, 6.07) is 13.3. The normalized spacial score (nSPS) is 10.6. The monoisotopic (exact) mass is 396 g/mol. The number of nitrogens with zero attached hydrogens (tertiary/aromatic N) is 1. The minimum Gasteiger partial charge on any atom is -0.461 e. The maximum atomic E-state index is 14.1. The zero-order chi connectivity index (χ0) is 20.8. The third-order valence-corrected chi connectivity index (χ3v) is 4.34. The molecule has 1 amide bonds. The van der Waals surface area contributed by atoms with E-state index in [1.165, 1.54) is 6.07 Å². The molecule has 2 aromatic carbocycles. The van der Waals surface area contributed by atoms with E-state index in [0.717, 1.165) is 11.6 Å². The molecule has 0 fully saturated rings. The molecule has 0 radical (unpaired) electrons. The van der Waals surface area contributed by atoms with E-state index in [4.69, 9.17) is 9.26 Å². The molecule has 1 aromatic heterocycles. The fraction of sp³-hybridized carbons (Fsp3) is 0.227. The molecule has 0 aliphatic rings. The Bertz CT molecular complexity index is 995. The maximum Gasteiger partial charge on any atom is 0.307 e. The molecule has 0 spiro atoms. The Morgan fingerprint density at radius 2 is 1.90 bits per heavy atom. The number of amides is 1. The first kappa shape index (κ1) is 20.3. The number of nitrogens with one attached hydrogen (secondary N) is 1. The van der Waals surface area contributed by atoms with Gasteiger partial charge in [-0.05, 0) is 43.2 Å². The predicted molar refractivity (Wildman–Crippen MR) is 105 cm³/mol. The van der Waals surface area contributed by atoms with Gasteiger partial charge in [-0.25, -0.2) is 4.39 Å². The number of halogens is 1. The van der Waals surface area contributed by atoms with E-state index in [9.17, 15) is 14.0 Å². The number of esters is 1. The summed E-state index contributed by atoms with van der Waals surface area (Å²) in [4.78, 5) is 24.2. The molecule has 0 atom stereocenters. The molecule has 6 nitrogen and oxygen atoms in total. The Labute approximate surface area is 167 Å². The molecule has 0 saturated carbocycles. The van der Waals surface area contributed by atoms with Gasteiger partial charge in [0.2, 0.25) is 0 Å². The highest BCUT2D eigenvalue weighted by molar-refractivity contribution is 5.95. The van der Waals surface area contributed by atoms with Crippen molar-refractivity contribution in [2.24, 2.45) is 0 Å². The van der Waals surface area contributed by atoms with Crippen molar-refractivity contribution in [2.75, 3.05) is 6.54 Å². The van der Waals surface area contributed by atoms with E-state index in [1.807, 2.05) is 30.3 Å². The highest BCUT2D eigenvalue weighted by Crippen LogP contribution is 2.28. The van der Waals surface area contributed by atoms with E-state index in [2.05, 4.69) is 10.5 Å². The zero-order valence-corrected chi connectivity index (χ0v) is 16.2. The van der Waals surface area contributed by atoms with Gasteiger partial charge < -0.3 is 14.6 Å². The quantitative estimate of drug-likeness (QED) is 0.612. The van der Waals surface area contributed by atoms with E-state index in [-0.39, 0.29) is 25.1 Å². The lowest BCUT2D eigenvalue weighted by Crippen LogP contribution is -2.26. The number of hydrogen-bond acceptors (Lipinski definition) is 5. The van der Waals surface area contributed by atoms with Crippen LogP contribution in [-0.2, 0) is 16.1 Å². The number of rotatable bonds is 7. The lowest BCUT2D eigenvalue weighted by atomic mass is 10.0.